The average Bonchev–Trinajstić information content (AvgIpc) is 3.29. The maximum Gasteiger partial charge on any atom is 0.193 e. The van der Waals surface area contributed by atoms with Gasteiger partial charge in [0.2, 0.25) is 0 Å². The van der Waals surface area contributed by atoms with Gasteiger partial charge in [-0.15, -0.1) is 24.0 Å². The molecule has 1 aromatic rings. The van der Waals surface area contributed by atoms with E-state index in [9.17, 15) is 0 Å². The summed E-state index contributed by atoms with van der Waals surface area (Å²) in [5.74, 6) is 4.47. The molecule has 0 aliphatic carbocycles. The van der Waals surface area contributed by atoms with Gasteiger partial charge in [0.15, 0.2) is 5.96 Å². The maximum atomic E-state index is 6.17. The average molecular weight is 561 g/mol. The lowest BCUT2D eigenvalue weighted by Crippen LogP contribution is -2.56. The van der Waals surface area contributed by atoms with E-state index < -0.39 is 0 Å². The highest BCUT2D eigenvalue weighted by atomic mass is 127. The molecule has 0 bridgehead atoms. The van der Waals surface area contributed by atoms with E-state index in [0.717, 1.165) is 77.0 Å². The Morgan fingerprint density at radius 2 is 1.94 bits per heavy atom. The van der Waals surface area contributed by atoms with Gasteiger partial charge >= 0.3 is 0 Å². The number of ether oxygens (including phenoxy) is 2. The van der Waals surface area contributed by atoms with E-state index >= 15 is 0 Å². The van der Waals surface area contributed by atoms with Crippen LogP contribution < -0.4 is 10.1 Å². The van der Waals surface area contributed by atoms with Crippen LogP contribution in [-0.2, 0) is 4.74 Å². The maximum absolute atomic E-state index is 6.17. The van der Waals surface area contributed by atoms with Gasteiger partial charge < -0.3 is 19.7 Å². The molecule has 0 amide bonds. The molecule has 8 heteroatoms. The third-order valence-corrected chi connectivity index (χ3v) is 7.64. The van der Waals surface area contributed by atoms with Crippen molar-refractivity contribution in [2.75, 3.05) is 64.0 Å². The van der Waals surface area contributed by atoms with Crippen molar-refractivity contribution in [2.45, 2.75) is 37.8 Å². The second kappa shape index (κ2) is 12.5. The van der Waals surface area contributed by atoms with Crippen LogP contribution in [-0.4, -0.2) is 91.4 Å². The quantitative estimate of drug-likeness (QED) is 0.328. The molecule has 3 aliphatic heterocycles. The first-order chi connectivity index (χ1) is 14.8. The molecule has 0 spiro atoms. The lowest BCUT2D eigenvalue weighted by atomic mass is 9.96. The van der Waals surface area contributed by atoms with Gasteiger partial charge in [-0.3, -0.25) is 9.89 Å². The third kappa shape index (κ3) is 6.65. The normalized spacial score (nSPS) is 25.8. The number of nitrogens with one attached hydrogen (secondary N) is 1. The van der Waals surface area contributed by atoms with E-state index in [4.69, 9.17) is 14.5 Å². The zero-order chi connectivity index (χ0) is 20.7. The lowest BCUT2D eigenvalue weighted by Gasteiger charge is -2.42. The Morgan fingerprint density at radius 3 is 2.58 bits per heavy atom. The number of halogens is 1. The van der Waals surface area contributed by atoms with Crippen molar-refractivity contribution in [3.8, 4) is 5.75 Å². The summed E-state index contributed by atoms with van der Waals surface area (Å²) < 4.78 is 11.8. The zero-order valence-electron chi connectivity index (χ0n) is 18.6. The summed E-state index contributed by atoms with van der Waals surface area (Å²) >= 11 is 2.07. The molecule has 6 nitrogen and oxygen atoms in total. The first kappa shape index (κ1) is 24.9. The Balaban J connectivity index is 0.00000272. The number of rotatable bonds is 6. The number of guanidine groups is 1. The van der Waals surface area contributed by atoms with Crippen molar-refractivity contribution in [1.29, 1.82) is 0 Å². The number of aliphatic imine (C=N–C) groups is 1. The van der Waals surface area contributed by atoms with Crippen molar-refractivity contribution in [2.24, 2.45) is 4.99 Å². The molecular formula is C23H37IN4O2S. The molecule has 0 saturated carbocycles. The number of benzene rings is 1. The highest BCUT2D eigenvalue weighted by Crippen LogP contribution is 2.34. The Labute approximate surface area is 208 Å². The fraction of sp³-hybridized carbons (Fsp3) is 0.696. The molecule has 3 fully saturated rings. The van der Waals surface area contributed by atoms with Crippen molar-refractivity contribution in [3.05, 3.63) is 30.3 Å². The standard InChI is InChI=1S/C23H36N4O2S.HI/c1-2-24-22(25-18-23(10-17-30-19-23)27-13-15-28-16-14-27)26-11-8-21(9-12-26)29-20-6-4-3-5-7-20;/h3-7,21H,2,8-19H2,1H3,(H,24,25);1H. The molecule has 3 saturated heterocycles. The van der Waals surface area contributed by atoms with Gasteiger partial charge in [-0.25, -0.2) is 0 Å². The van der Waals surface area contributed by atoms with Crippen molar-refractivity contribution < 1.29 is 9.47 Å². The van der Waals surface area contributed by atoms with Crippen LogP contribution in [0, 0.1) is 0 Å². The van der Waals surface area contributed by atoms with Crippen LogP contribution in [0.3, 0.4) is 0 Å². The van der Waals surface area contributed by atoms with Crippen molar-refractivity contribution in [3.63, 3.8) is 0 Å². The van der Waals surface area contributed by atoms with Crippen LogP contribution >= 0.6 is 35.7 Å². The SMILES string of the molecule is CCNC(=NCC1(N2CCOCC2)CCSC1)N1CCC(Oc2ccccc2)CC1.I. The number of morpholine rings is 1. The van der Waals surface area contributed by atoms with E-state index in [1.165, 1.54) is 17.9 Å². The number of nitrogens with zero attached hydrogens (tertiary/aromatic N) is 3. The van der Waals surface area contributed by atoms with Crippen LogP contribution in [0.1, 0.15) is 26.2 Å². The van der Waals surface area contributed by atoms with Gasteiger partial charge in [0.05, 0.1) is 25.3 Å². The highest BCUT2D eigenvalue weighted by molar-refractivity contribution is 14.0. The molecule has 0 aromatic heterocycles. The molecule has 1 aromatic carbocycles. The number of para-hydroxylation sites is 1. The van der Waals surface area contributed by atoms with Gasteiger partial charge in [0.25, 0.3) is 0 Å². The van der Waals surface area contributed by atoms with Crippen molar-refractivity contribution >= 4 is 41.7 Å². The zero-order valence-corrected chi connectivity index (χ0v) is 21.8. The van der Waals surface area contributed by atoms with Crippen LogP contribution in [0.5, 0.6) is 5.75 Å². The van der Waals surface area contributed by atoms with Gasteiger partial charge in [0.1, 0.15) is 11.9 Å². The summed E-state index contributed by atoms with van der Waals surface area (Å²) in [5, 5.41) is 3.55. The minimum Gasteiger partial charge on any atom is -0.490 e. The number of hydrogen-bond donors (Lipinski definition) is 1. The Kier molecular flexibility index (Phi) is 10.1. The monoisotopic (exact) mass is 560 g/mol. The second-order valence-electron chi connectivity index (χ2n) is 8.41. The minimum absolute atomic E-state index is 0. The highest BCUT2D eigenvalue weighted by Gasteiger charge is 2.40. The van der Waals surface area contributed by atoms with E-state index in [1.54, 1.807) is 0 Å². The summed E-state index contributed by atoms with van der Waals surface area (Å²) in [6.07, 6.45) is 3.58. The topological polar surface area (TPSA) is 49.3 Å². The third-order valence-electron chi connectivity index (χ3n) is 6.41. The molecule has 3 aliphatic rings. The van der Waals surface area contributed by atoms with Gasteiger partial charge in [-0.1, -0.05) is 18.2 Å². The minimum atomic E-state index is 0. The molecule has 174 valence electrons. The Hall–Kier alpha value is -0.710. The molecule has 31 heavy (non-hydrogen) atoms. The summed E-state index contributed by atoms with van der Waals surface area (Å²) in [6.45, 7) is 9.69. The molecule has 0 radical (unpaired) electrons. The summed E-state index contributed by atoms with van der Waals surface area (Å²) in [5.41, 5.74) is 0.198. The predicted molar refractivity (Wildman–Crippen MR) is 140 cm³/mol. The number of piperidine rings is 1. The van der Waals surface area contributed by atoms with Crippen LogP contribution in [0.2, 0.25) is 0 Å². The molecule has 1 unspecified atom stereocenters. The first-order valence-corrected chi connectivity index (χ1v) is 12.6. The van der Waals surface area contributed by atoms with Crippen molar-refractivity contribution in [1.82, 2.24) is 15.1 Å². The molecule has 1 atom stereocenters. The van der Waals surface area contributed by atoms with Crippen LogP contribution in [0.4, 0.5) is 0 Å². The first-order valence-electron chi connectivity index (χ1n) is 11.4. The molecule has 3 heterocycles. The fourth-order valence-corrected chi connectivity index (χ4v) is 6.10. The van der Waals surface area contributed by atoms with Crippen LogP contribution in [0.15, 0.2) is 35.3 Å². The lowest BCUT2D eigenvalue weighted by molar-refractivity contribution is -0.0105. The summed E-state index contributed by atoms with van der Waals surface area (Å²) in [7, 11) is 0. The molecule has 1 N–H and O–H groups in total. The Morgan fingerprint density at radius 1 is 1.19 bits per heavy atom. The van der Waals surface area contributed by atoms with E-state index in [1.807, 2.05) is 30.3 Å². The van der Waals surface area contributed by atoms with E-state index in [0.29, 0.717) is 0 Å². The smallest absolute Gasteiger partial charge is 0.193 e. The Bertz CT molecular complexity index is 673. The predicted octanol–water partition coefficient (Wildman–Crippen LogP) is 3.32. The van der Waals surface area contributed by atoms with E-state index in [2.05, 4.69) is 33.8 Å². The fourth-order valence-electron chi connectivity index (χ4n) is 4.63. The number of likely N-dealkylation sites (tertiary alicyclic amines) is 1. The van der Waals surface area contributed by atoms with Gasteiger partial charge in [0, 0.05) is 51.3 Å². The summed E-state index contributed by atoms with van der Waals surface area (Å²) in [6, 6.07) is 10.2. The van der Waals surface area contributed by atoms with E-state index in [-0.39, 0.29) is 35.6 Å². The largest absolute Gasteiger partial charge is 0.490 e. The molecular weight excluding hydrogens is 523 g/mol. The van der Waals surface area contributed by atoms with Crippen LogP contribution in [0.25, 0.3) is 0 Å². The van der Waals surface area contributed by atoms with Gasteiger partial charge in [-0.05, 0) is 31.2 Å². The summed E-state index contributed by atoms with van der Waals surface area (Å²) in [4.78, 5) is 10.2. The molecule has 4 rings (SSSR count). The number of thioether (sulfide) groups is 1. The van der Waals surface area contributed by atoms with Gasteiger partial charge in [-0.2, -0.15) is 11.8 Å². The number of hydrogen-bond acceptors (Lipinski definition) is 5. The second-order valence-corrected chi connectivity index (χ2v) is 9.52.